The number of hydrogen-bond acceptors (Lipinski definition) is 22. The number of cyclic esters (lactones) is 4. The van der Waals surface area contributed by atoms with Crippen LogP contribution in [0.5, 0.6) is 0 Å². The molecule has 0 bridgehead atoms. The van der Waals surface area contributed by atoms with Gasteiger partial charge in [0.25, 0.3) is 10.1 Å². The maximum atomic E-state index is 11.8. The van der Waals surface area contributed by atoms with Gasteiger partial charge in [0.1, 0.15) is 57.5 Å². The second kappa shape index (κ2) is 47.5. The molecule has 0 saturated carbocycles. The third-order valence-corrected chi connectivity index (χ3v) is 12.4. The first-order valence-corrected chi connectivity index (χ1v) is 27.3. The first-order chi connectivity index (χ1) is 38.0. The quantitative estimate of drug-likeness (QED) is 0.0667. The molecule has 0 spiro atoms. The number of rotatable bonds is 14. The van der Waals surface area contributed by atoms with E-state index in [-0.39, 0.29) is 134 Å². The molecule has 30 heteroatoms. The number of aliphatic hydroxyl groups is 3. The number of benzene rings is 3. The molecule has 3 amide bonds. The van der Waals surface area contributed by atoms with E-state index in [1.165, 1.54) is 69.6 Å². The van der Waals surface area contributed by atoms with E-state index in [1.54, 1.807) is 40.3 Å². The molecule has 8 rings (SSSR count). The molecular weight excluding hydrogens is 1800 g/mol. The molecule has 5 N–H and O–H groups in total. The largest absolute Gasteiger partial charge is 0.508 e. The summed E-state index contributed by atoms with van der Waals surface area (Å²) in [4.78, 5) is 59.5. The summed E-state index contributed by atoms with van der Waals surface area (Å²) >= 11 is 0. The summed E-state index contributed by atoms with van der Waals surface area (Å²) in [7, 11) is 9.34. The molecule has 5 heterocycles. The van der Waals surface area contributed by atoms with Crippen LogP contribution in [-0.4, -0.2) is 233 Å². The van der Waals surface area contributed by atoms with Crippen LogP contribution in [-0.2, 0) is 162 Å². The van der Waals surface area contributed by atoms with Crippen molar-refractivity contribution in [2.45, 2.75) is 81.6 Å². The van der Waals surface area contributed by atoms with Crippen molar-refractivity contribution in [3.05, 3.63) is 101 Å². The minimum Gasteiger partial charge on any atom is -0.447 e. The van der Waals surface area contributed by atoms with E-state index in [1.807, 2.05) is 34.0 Å². The van der Waals surface area contributed by atoms with Crippen LogP contribution in [0, 0.1) is 6.92 Å². The van der Waals surface area contributed by atoms with E-state index in [9.17, 15) is 42.6 Å². The van der Waals surface area contributed by atoms with Gasteiger partial charge in [0.15, 0.2) is 6.10 Å². The zero-order valence-electron chi connectivity index (χ0n) is 49.3. The summed E-state index contributed by atoms with van der Waals surface area (Å²) in [5.41, 5.74) is 6.60. The molecule has 474 valence electrons. The number of hydrogen-bond donors (Lipinski definition) is 5. The van der Waals surface area contributed by atoms with Crippen LogP contribution in [0.15, 0.2) is 77.7 Å². The van der Waals surface area contributed by atoms with Gasteiger partial charge in [0, 0.05) is 153 Å². The van der Waals surface area contributed by atoms with Crippen LogP contribution in [0.25, 0.3) is 0 Å². The van der Waals surface area contributed by atoms with Gasteiger partial charge >= 0.3 is 30.6 Å². The van der Waals surface area contributed by atoms with Gasteiger partial charge in [0.05, 0.1) is 24.7 Å². The SMILES string of the molecule is CCC1COC(=O)O1.CN(C)C(=O)OCC(O)CN1CCc2ccccc2C1.CN(C)C(=O)OCC1CO1.CNC.Cc1ccc(S(=O)(=O)OCC(O)COC(=O)N(C)C)cc1.O=C1OCC(CO)O1.[W].[W].[W].[W].c1ccc2c(c1)CCNC2. The zero-order valence-corrected chi connectivity index (χ0v) is 61.9. The predicted molar refractivity (Wildman–Crippen MR) is 293 cm³/mol. The van der Waals surface area contributed by atoms with Gasteiger partial charge in [0.2, 0.25) is 0 Å². The van der Waals surface area contributed by atoms with Crippen molar-refractivity contribution < 1.29 is 174 Å². The average Bonchev–Trinajstić information content (AvgIpc) is 4.21. The Hall–Kier alpha value is -3.61. The summed E-state index contributed by atoms with van der Waals surface area (Å²) < 4.78 is 65.6. The van der Waals surface area contributed by atoms with E-state index in [4.69, 9.17) is 28.2 Å². The smallest absolute Gasteiger partial charge is 0.447 e. The molecule has 5 atom stereocenters. The monoisotopic (exact) mass is 1890 g/mol. The Labute approximate surface area is 551 Å². The first kappa shape index (κ1) is 84.6. The van der Waals surface area contributed by atoms with Crippen molar-refractivity contribution in [1.29, 1.82) is 0 Å². The molecule has 0 radical (unpaired) electrons. The van der Waals surface area contributed by atoms with Crippen LogP contribution < -0.4 is 10.6 Å². The minimum atomic E-state index is -3.94. The van der Waals surface area contributed by atoms with Gasteiger partial charge in [-0.3, -0.25) is 9.08 Å². The van der Waals surface area contributed by atoms with Gasteiger partial charge in [-0.1, -0.05) is 73.2 Å². The zero-order chi connectivity index (χ0) is 59.6. The number of fused-ring (bicyclic) bond motifs is 2. The molecule has 5 aliphatic rings. The number of aryl methyl sites for hydroxylation is 1. The summed E-state index contributed by atoms with van der Waals surface area (Å²) in [6.45, 7) is 9.01. The normalized spacial score (nSPS) is 17.0. The number of nitrogens with zero attached hydrogens (tertiary/aromatic N) is 4. The Morgan fingerprint density at radius 3 is 1.57 bits per heavy atom. The number of epoxide rings is 1. The van der Waals surface area contributed by atoms with E-state index < -0.39 is 59.5 Å². The molecule has 0 aliphatic carbocycles. The van der Waals surface area contributed by atoms with Crippen molar-refractivity contribution in [3.8, 4) is 0 Å². The van der Waals surface area contributed by atoms with Crippen molar-refractivity contribution in [3.63, 3.8) is 0 Å². The third-order valence-electron chi connectivity index (χ3n) is 11.1. The van der Waals surface area contributed by atoms with Gasteiger partial charge in [-0.15, -0.1) is 0 Å². The Morgan fingerprint density at radius 2 is 1.14 bits per heavy atom. The van der Waals surface area contributed by atoms with Gasteiger partial charge in [-0.25, -0.2) is 24.0 Å². The summed E-state index contributed by atoms with van der Waals surface area (Å²) in [6.07, 6.45) is -1.71. The molecule has 25 nitrogen and oxygen atoms in total. The molecule has 3 fully saturated rings. The van der Waals surface area contributed by atoms with Crippen molar-refractivity contribution >= 4 is 40.7 Å². The molecule has 3 saturated heterocycles. The van der Waals surface area contributed by atoms with Crippen LogP contribution in [0.3, 0.4) is 0 Å². The maximum Gasteiger partial charge on any atom is 0.508 e. The molecular formula is C54H84N6O19SW4. The average molecular weight is 1890 g/mol. The Bertz CT molecular complexity index is 2370. The fraction of sp³-hybridized carbons (Fsp3) is 0.574. The van der Waals surface area contributed by atoms with E-state index >= 15 is 0 Å². The van der Waals surface area contributed by atoms with Crippen molar-refractivity contribution in [2.24, 2.45) is 0 Å². The molecule has 0 aromatic heterocycles. The minimum absolute atomic E-state index is 0. The van der Waals surface area contributed by atoms with Gasteiger partial charge < -0.3 is 78.5 Å². The molecule has 5 unspecified atom stereocenters. The van der Waals surface area contributed by atoms with E-state index in [0.717, 1.165) is 51.2 Å². The van der Waals surface area contributed by atoms with Crippen LogP contribution in [0.1, 0.15) is 41.2 Å². The fourth-order valence-corrected chi connectivity index (χ4v) is 7.48. The topological polar surface area (TPSA) is 304 Å². The van der Waals surface area contributed by atoms with Crippen LogP contribution in [0.2, 0.25) is 0 Å². The van der Waals surface area contributed by atoms with E-state index in [0.29, 0.717) is 19.8 Å². The fourth-order valence-electron chi connectivity index (χ4n) is 6.54. The number of amides is 3. The Morgan fingerprint density at radius 1 is 0.679 bits per heavy atom. The molecule has 3 aromatic carbocycles. The summed E-state index contributed by atoms with van der Waals surface area (Å²) in [6, 6.07) is 23.1. The van der Waals surface area contributed by atoms with Crippen LogP contribution >= 0.6 is 0 Å². The van der Waals surface area contributed by atoms with Gasteiger partial charge in [-0.2, -0.15) is 8.42 Å². The van der Waals surface area contributed by atoms with E-state index in [2.05, 4.69) is 76.9 Å². The third kappa shape index (κ3) is 37.2. The standard InChI is InChI=1S/C15H22N2O3.C13H19NO6S.C9H11N.C6H11NO3.C5H8O3.C4H6O4.C2H7N.4W/c1-16(2)15(19)20-11-14(18)10-17-8-7-12-5-3-4-6-13(12)9-17;1-10-4-6-12(7-5-10)21(17,18)20-9-11(15)8-19-13(16)14(2)3;1-2-4-9-7-10-6-5-8(9)3-1;1-7(2)6(8)10-4-5-3-9-5;1-2-4-3-7-5(6)8-4;5-1-3-2-7-4(6)8-3;1-3-2;;;;/h3-6,14,18H,7-11H2,1-2H3;4-7,11,15H,8-9H2,1-3H3;1-4,10H,5-7H2;5H,3-4H2,1-2H3;4H,2-3H2,1H3;3,5H,1-2H2;3H,1-2H3;;;;. The second-order valence-electron chi connectivity index (χ2n) is 18.9. The number of carbonyl (C=O) groups excluding carboxylic acids is 5. The van der Waals surface area contributed by atoms with Crippen LogP contribution in [0.4, 0.5) is 24.0 Å². The summed E-state index contributed by atoms with van der Waals surface area (Å²) in [5, 5.41) is 33.9. The van der Waals surface area contributed by atoms with Gasteiger partial charge in [-0.05, 0) is 81.2 Å². The number of β-amino-alcohol motifs (C(OH)–C–C–N with tert-alkyl or cyclic N) is 1. The second-order valence-corrected chi connectivity index (χ2v) is 20.5. The molecule has 5 aliphatic heterocycles. The number of carbonyl (C=O) groups is 5. The Balaban J connectivity index is -0.000000956. The van der Waals surface area contributed by atoms with Crippen molar-refractivity contribution in [2.75, 3.05) is 129 Å². The van der Waals surface area contributed by atoms with Crippen molar-refractivity contribution in [1.82, 2.24) is 30.2 Å². The number of nitrogens with one attached hydrogen (secondary N) is 2. The Kier molecular flexibility index (Phi) is 47.8. The molecule has 84 heavy (non-hydrogen) atoms. The predicted octanol–water partition coefficient (Wildman–Crippen LogP) is 3.55. The number of aliphatic hydroxyl groups excluding tert-OH is 3. The molecule has 3 aromatic rings. The number of ether oxygens (including phenoxy) is 8. The maximum absolute atomic E-state index is 11.8. The summed E-state index contributed by atoms with van der Waals surface area (Å²) in [5.74, 6) is 0. The first-order valence-electron chi connectivity index (χ1n) is 25.9.